The van der Waals surface area contributed by atoms with Crippen molar-refractivity contribution < 1.29 is 17.6 Å². The van der Waals surface area contributed by atoms with E-state index in [0.29, 0.717) is 32.2 Å². The second kappa shape index (κ2) is 9.05. The van der Waals surface area contributed by atoms with Gasteiger partial charge in [0.1, 0.15) is 12.2 Å². The van der Waals surface area contributed by atoms with Crippen LogP contribution in [0, 0.1) is 28.5 Å². The lowest BCUT2D eigenvalue weighted by atomic mass is 9.91. The van der Waals surface area contributed by atoms with Crippen molar-refractivity contribution >= 4 is 26.8 Å². The van der Waals surface area contributed by atoms with Gasteiger partial charge < -0.3 is 4.57 Å². The van der Waals surface area contributed by atoms with Crippen LogP contribution in [0.4, 0.5) is 4.39 Å². The standard InChI is InChI=1S/C24H21FN4O3S/c25-17-6-9-19(10-7-17)33(31,32)29(24(30)12-14-27)18-8-11-23-21(16-18)20-4-1-2-5-22(20)28(23)15-3-13-26/h1-2,4-7,9-10,18H,3,8,11-12,15-16H2. The number of amides is 1. The predicted molar refractivity (Wildman–Crippen MR) is 119 cm³/mol. The Bertz CT molecular complexity index is 1400. The third kappa shape index (κ3) is 4.08. The van der Waals surface area contributed by atoms with Gasteiger partial charge in [-0.3, -0.25) is 4.79 Å². The van der Waals surface area contributed by atoms with E-state index in [2.05, 4.69) is 10.6 Å². The molecular formula is C24H21FN4O3S. The number of fused-ring (bicyclic) bond motifs is 3. The normalized spacial score (nSPS) is 15.4. The predicted octanol–water partition coefficient (Wildman–Crippen LogP) is 3.68. The summed E-state index contributed by atoms with van der Waals surface area (Å²) < 4.78 is 43.1. The monoisotopic (exact) mass is 464 g/mol. The number of rotatable bonds is 6. The number of para-hydroxylation sites is 1. The zero-order chi connectivity index (χ0) is 23.6. The van der Waals surface area contributed by atoms with Gasteiger partial charge in [0.25, 0.3) is 15.9 Å². The SMILES string of the molecule is N#CCCn1c2c(c3ccccc31)CC(N(C(=O)CC#N)S(=O)(=O)c1ccc(F)cc1)CC2. The summed E-state index contributed by atoms with van der Waals surface area (Å²) in [5.74, 6) is -1.39. The van der Waals surface area contributed by atoms with E-state index >= 15 is 0 Å². The summed E-state index contributed by atoms with van der Waals surface area (Å²) in [7, 11) is -4.29. The Balaban J connectivity index is 1.78. The Kier molecular flexibility index (Phi) is 6.17. The molecule has 168 valence electrons. The second-order valence-electron chi connectivity index (χ2n) is 7.88. The van der Waals surface area contributed by atoms with E-state index in [0.717, 1.165) is 50.7 Å². The average molecular weight is 465 g/mol. The highest BCUT2D eigenvalue weighted by Crippen LogP contribution is 2.35. The molecule has 1 aromatic heterocycles. The van der Waals surface area contributed by atoms with Crippen molar-refractivity contribution in [2.24, 2.45) is 0 Å². The lowest BCUT2D eigenvalue weighted by molar-refractivity contribution is -0.127. The van der Waals surface area contributed by atoms with Crippen molar-refractivity contribution in [3.05, 3.63) is 65.6 Å². The Morgan fingerprint density at radius 1 is 1.12 bits per heavy atom. The summed E-state index contributed by atoms with van der Waals surface area (Å²) in [4.78, 5) is 12.7. The molecule has 0 spiro atoms. The Hall–Kier alpha value is -3.69. The van der Waals surface area contributed by atoms with Crippen molar-refractivity contribution in [3.63, 3.8) is 0 Å². The number of nitrogens with zero attached hydrogens (tertiary/aromatic N) is 4. The van der Waals surface area contributed by atoms with Gasteiger partial charge in [-0.15, -0.1) is 0 Å². The molecule has 1 unspecified atom stereocenters. The summed E-state index contributed by atoms with van der Waals surface area (Å²) in [6.45, 7) is 0.530. The molecule has 0 saturated carbocycles. The molecule has 1 heterocycles. The molecular weight excluding hydrogens is 443 g/mol. The minimum Gasteiger partial charge on any atom is -0.343 e. The van der Waals surface area contributed by atoms with Crippen LogP contribution in [0.25, 0.3) is 10.9 Å². The molecule has 0 aliphatic heterocycles. The zero-order valence-electron chi connectivity index (χ0n) is 17.7. The highest BCUT2D eigenvalue weighted by Gasteiger charge is 2.38. The molecule has 1 aliphatic rings. The number of carbonyl (C=O) groups excluding carboxylic acids is 1. The molecule has 7 nitrogen and oxygen atoms in total. The van der Waals surface area contributed by atoms with Crippen molar-refractivity contribution in [1.82, 2.24) is 8.87 Å². The molecule has 1 atom stereocenters. The summed E-state index contributed by atoms with van der Waals surface area (Å²) in [6.07, 6.45) is 0.976. The lowest BCUT2D eigenvalue weighted by Crippen LogP contribution is -2.47. The van der Waals surface area contributed by atoms with Gasteiger partial charge in [0, 0.05) is 23.1 Å². The van der Waals surface area contributed by atoms with E-state index in [1.54, 1.807) is 6.07 Å². The van der Waals surface area contributed by atoms with Gasteiger partial charge in [0.05, 0.1) is 29.5 Å². The number of nitriles is 2. The van der Waals surface area contributed by atoms with Crippen LogP contribution >= 0.6 is 0 Å². The fraction of sp³-hybridized carbons (Fsp3) is 0.292. The molecule has 2 aromatic carbocycles. The maximum atomic E-state index is 13.4. The van der Waals surface area contributed by atoms with Crippen molar-refractivity contribution in [2.75, 3.05) is 0 Å². The zero-order valence-corrected chi connectivity index (χ0v) is 18.6. The number of carbonyl (C=O) groups is 1. The Morgan fingerprint density at radius 2 is 1.85 bits per heavy atom. The van der Waals surface area contributed by atoms with E-state index in [-0.39, 0.29) is 4.90 Å². The first kappa shape index (κ1) is 22.5. The van der Waals surface area contributed by atoms with Gasteiger partial charge in [-0.05, 0) is 55.2 Å². The summed E-state index contributed by atoms with van der Waals surface area (Å²) in [5, 5.41) is 19.1. The molecule has 0 saturated heterocycles. The van der Waals surface area contributed by atoms with E-state index in [9.17, 15) is 17.6 Å². The van der Waals surface area contributed by atoms with Crippen LogP contribution < -0.4 is 0 Å². The van der Waals surface area contributed by atoms with Gasteiger partial charge in [-0.2, -0.15) is 10.5 Å². The molecule has 1 aliphatic carbocycles. The minimum absolute atomic E-state index is 0.197. The number of aryl methyl sites for hydroxylation is 1. The van der Waals surface area contributed by atoms with E-state index in [1.165, 1.54) is 0 Å². The molecule has 0 N–H and O–H groups in total. The highest BCUT2D eigenvalue weighted by molar-refractivity contribution is 7.89. The summed E-state index contributed by atoms with van der Waals surface area (Å²) in [6, 6.07) is 15.3. The van der Waals surface area contributed by atoms with E-state index in [4.69, 9.17) is 10.5 Å². The molecule has 0 radical (unpaired) electrons. The molecule has 33 heavy (non-hydrogen) atoms. The van der Waals surface area contributed by atoms with Crippen molar-refractivity contribution in [1.29, 1.82) is 10.5 Å². The van der Waals surface area contributed by atoms with Crippen LogP contribution in [-0.4, -0.2) is 29.2 Å². The Labute approximate surface area is 191 Å². The van der Waals surface area contributed by atoms with Crippen molar-refractivity contribution in [2.45, 2.75) is 49.6 Å². The lowest BCUT2D eigenvalue weighted by Gasteiger charge is -2.33. The maximum absolute atomic E-state index is 13.4. The van der Waals surface area contributed by atoms with Crippen LogP contribution in [0.1, 0.15) is 30.5 Å². The van der Waals surface area contributed by atoms with Crippen LogP contribution in [0.2, 0.25) is 0 Å². The fourth-order valence-corrected chi connectivity index (χ4v) is 6.21. The van der Waals surface area contributed by atoms with Gasteiger partial charge in [-0.25, -0.2) is 17.1 Å². The van der Waals surface area contributed by atoms with Crippen LogP contribution in [0.3, 0.4) is 0 Å². The van der Waals surface area contributed by atoms with Crippen molar-refractivity contribution in [3.8, 4) is 12.1 Å². The van der Waals surface area contributed by atoms with E-state index < -0.39 is 34.2 Å². The second-order valence-corrected chi connectivity index (χ2v) is 9.70. The van der Waals surface area contributed by atoms with Gasteiger partial charge in [0.15, 0.2) is 0 Å². The molecule has 3 aromatic rings. The van der Waals surface area contributed by atoms with Gasteiger partial charge in [0.2, 0.25) is 0 Å². The summed E-state index contributed by atoms with van der Waals surface area (Å²) in [5.41, 5.74) is 2.95. The first-order chi connectivity index (χ1) is 15.9. The summed E-state index contributed by atoms with van der Waals surface area (Å²) >= 11 is 0. The highest BCUT2D eigenvalue weighted by atomic mass is 32.2. The number of hydrogen-bond acceptors (Lipinski definition) is 5. The third-order valence-corrected chi connectivity index (χ3v) is 7.86. The first-order valence-corrected chi connectivity index (χ1v) is 12.0. The molecule has 4 rings (SSSR count). The van der Waals surface area contributed by atoms with Crippen LogP contribution in [-0.2, 0) is 34.2 Å². The molecule has 0 bridgehead atoms. The number of sulfonamides is 1. The third-order valence-electron chi connectivity index (χ3n) is 5.97. The number of halogens is 1. The average Bonchev–Trinajstić information content (AvgIpc) is 3.11. The number of hydrogen-bond donors (Lipinski definition) is 0. The first-order valence-electron chi connectivity index (χ1n) is 10.5. The number of aromatic nitrogens is 1. The molecule has 1 amide bonds. The van der Waals surface area contributed by atoms with Gasteiger partial charge in [-0.1, -0.05) is 18.2 Å². The molecule has 0 fully saturated rings. The number of benzene rings is 2. The van der Waals surface area contributed by atoms with Crippen LogP contribution in [0.15, 0.2) is 53.4 Å². The Morgan fingerprint density at radius 3 is 2.55 bits per heavy atom. The smallest absolute Gasteiger partial charge is 0.266 e. The molecule has 9 heteroatoms. The quantitative estimate of drug-likeness (QED) is 0.553. The maximum Gasteiger partial charge on any atom is 0.266 e. The van der Waals surface area contributed by atoms with Crippen LogP contribution in [0.5, 0.6) is 0 Å². The van der Waals surface area contributed by atoms with E-state index in [1.807, 2.05) is 24.3 Å². The fourth-order valence-electron chi connectivity index (χ4n) is 4.60. The minimum atomic E-state index is -4.29. The topological polar surface area (TPSA) is 107 Å². The largest absolute Gasteiger partial charge is 0.343 e. The van der Waals surface area contributed by atoms with Gasteiger partial charge >= 0.3 is 0 Å².